The Hall–Kier alpha value is -3.73. The van der Waals surface area contributed by atoms with E-state index in [1.807, 2.05) is 66.9 Å². The van der Waals surface area contributed by atoms with Gasteiger partial charge in [-0.25, -0.2) is 4.98 Å². The molecule has 2 atom stereocenters. The maximum Gasteiger partial charge on any atom is 0.380 e. The molecular formula is C29H31N3O5S2. The number of methoxy groups -OCH3 is 1. The van der Waals surface area contributed by atoms with Gasteiger partial charge in [0.1, 0.15) is 16.5 Å². The Balaban J connectivity index is 1.64. The zero-order valence-electron chi connectivity index (χ0n) is 21.7. The second-order valence-electron chi connectivity index (χ2n) is 9.00. The number of rotatable bonds is 12. The van der Waals surface area contributed by atoms with Crippen LogP contribution in [0.4, 0.5) is 0 Å². The Morgan fingerprint density at radius 1 is 0.974 bits per heavy atom. The number of nitrogens with zero attached hydrogens (tertiary/aromatic N) is 1. The van der Waals surface area contributed by atoms with E-state index in [2.05, 4.69) is 5.32 Å². The van der Waals surface area contributed by atoms with E-state index in [4.69, 9.17) is 19.0 Å². The summed E-state index contributed by atoms with van der Waals surface area (Å²) in [7, 11) is -2.51. The fourth-order valence-corrected chi connectivity index (χ4v) is 5.65. The quantitative estimate of drug-likeness (QED) is 0.256. The van der Waals surface area contributed by atoms with Gasteiger partial charge in [0.15, 0.2) is 0 Å². The van der Waals surface area contributed by atoms with Crippen LogP contribution in [0.3, 0.4) is 0 Å². The maximum atomic E-state index is 14.0. The van der Waals surface area contributed by atoms with Gasteiger partial charge in [-0.1, -0.05) is 67.6 Å². The number of ether oxygens (including phenoxy) is 1. The summed E-state index contributed by atoms with van der Waals surface area (Å²) in [5.74, 6) is 0.125. The largest absolute Gasteiger partial charge is 0.496 e. The molecular weight excluding hydrogens is 534 g/mol. The lowest BCUT2D eigenvalue weighted by Crippen LogP contribution is -2.35. The first-order valence-electron chi connectivity index (χ1n) is 12.5. The van der Waals surface area contributed by atoms with Crippen molar-refractivity contribution in [2.24, 2.45) is 5.14 Å². The first-order chi connectivity index (χ1) is 18.8. The summed E-state index contributed by atoms with van der Waals surface area (Å²) in [5, 5.41) is 11.0. The van der Waals surface area contributed by atoms with Gasteiger partial charge in [-0.3, -0.25) is 4.79 Å². The topological polar surface area (TPSA) is 121 Å². The molecule has 0 aliphatic heterocycles. The van der Waals surface area contributed by atoms with Crippen molar-refractivity contribution >= 4 is 27.5 Å². The van der Waals surface area contributed by atoms with Crippen LogP contribution >= 0.6 is 11.3 Å². The highest BCUT2D eigenvalue weighted by atomic mass is 32.2. The fourth-order valence-electron chi connectivity index (χ4n) is 4.32. The van der Waals surface area contributed by atoms with Crippen LogP contribution in [0.5, 0.6) is 11.5 Å². The van der Waals surface area contributed by atoms with Crippen LogP contribution in [0.1, 0.15) is 46.3 Å². The van der Waals surface area contributed by atoms with Gasteiger partial charge in [-0.15, -0.1) is 11.3 Å². The average Bonchev–Trinajstić information content (AvgIpc) is 3.41. The summed E-state index contributed by atoms with van der Waals surface area (Å²) in [6.07, 6.45) is 1.73. The number of para-hydroxylation sites is 1. The standard InChI is InChI=1S/C29H31N3O5S2/c1-3-22-19-38-29(31-22)26(18-21-13-15-23(16-14-21)37-39(30,34)35)32-28(33)25(17-20-9-5-4-6-10-20)24-11-7-8-12-27(24)36-2/h4-16,19,25-26H,3,17-18H2,1-2H3,(H,32,33)(H2,30,34,35). The number of amides is 1. The van der Waals surface area contributed by atoms with Gasteiger partial charge in [0.25, 0.3) is 0 Å². The van der Waals surface area contributed by atoms with Crippen LogP contribution in [0.15, 0.2) is 84.2 Å². The second kappa shape index (κ2) is 12.9. The van der Waals surface area contributed by atoms with Gasteiger partial charge in [0, 0.05) is 10.9 Å². The van der Waals surface area contributed by atoms with E-state index < -0.39 is 22.3 Å². The summed E-state index contributed by atoms with van der Waals surface area (Å²) in [4.78, 5) is 18.7. The van der Waals surface area contributed by atoms with Gasteiger partial charge in [0.05, 0.1) is 24.8 Å². The molecule has 39 heavy (non-hydrogen) atoms. The van der Waals surface area contributed by atoms with Gasteiger partial charge >= 0.3 is 10.3 Å². The number of nitrogens with one attached hydrogen (secondary N) is 1. The summed E-state index contributed by atoms with van der Waals surface area (Å²) in [6, 6.07) is 23.6. The van der Waals surface area contributed by atoms with Crippen LogP contribution in [-0.2, 0) is 34.4 Å². The molecule has 0 saturated heterocycles. The molecule has 3 N–H and O–H groups in total. The number of nitrogens with two attached hydrogens (primary N) is 1. The van der Waals surface area contributed by atoms with Crippen molar-refractivity contribution in [2.45, 2.75) is 38.1 Å². The predicted molar refractivity (Wildman–Crippen MR) is 152 cm³/mol. The number of benzene rings is 3. The highest BCUT2D eigenvalue weighted by Crippen LogP contribution is 2.31. The third-order valence-electron chi connectivity index (χ3n) is 6.24. The molecule has 0 radical (unpaired) electrons. The minimum atomic E-state index is -4.12. The van der Waals surface area contributed by atoms with Crippen molar-refractivity contribution in [2.75, 3.05) is 7.11 Å². The lowest BCUT2D eigenvalue weighted by atomic mass is 9.90. The number of hydrogen-bond acceptors (Lipinski definition) is 7. The molecule has 204 valence electrons. The van der Waals surface area contributed by atoms with Gasteiger partial charge in [-0.05, 0) is 48.6 Å². The molecule has 0 aliphatic carbocycles. The Labute approximate surface area is 233 Å². The van der Waals surface area contributed by atoms with E-state index in [9.17, 15) is 13.2 Å². The molecule has 4 aromatic rings. The monoisotopic (exact) mass is 565 g/mol. The van der Waals surface area contributed by atoms with E-state index in [1.54, 1.807) is 19.2 Å². The minimum Gasteiger partial charge on any atom is -0.496 e. The molecule has 0 aliphatic rings. The van der Waals surface area contributed by atoms with Crippen molar-refractivity contribution < 1.29 is 22.1 Å². The molecule has 0 saturated carbocycles. The zero-order chi connectivity index (χ0) is 27.8. The zero-order valence-corrected chi connectivity index (χ0v) is 23.4. The predicted octanol–water partition coefficient (Wildman–Crippen LogP) is 4.72. The third-order valence-corrected chi connectivity index (χ3v) is 7.67. The van der Waals surface area contributed by atoms with Crippen molar-refractivity contribution in [3.8, 4) is 11.5 Å². The highest BCUT2D eigenvalue weighted by molar-refractivity contribution is 7.84. The summed E-state index contributed by atoms with van der Waals surface area (Å²) < 4.78 is 32.9. The number of carbonyl (C=O) groups is 1. The molecule has 10 heteroatoms. The molecule has 1 aromatic heterocycles. The SMILES string of the molecule is CCc1csc(C(Cc2ccc(OS(N)(=O)=O)cc2)NC(=O)C(Cc2ccccc2)c2ccccc2OC)n1. The number of carbonyl (C=O) groups excluding carboxylic acids is 1. The number of hydrogen-bond donors (Lipinski definition) is 2. The van der Waals surface area contributed by atoms with E-state index in [0.29, 0.717) is 18.6 Å². The summed E-state index contributed by atoms with van der Waals surface area (Å²) in [5.41, 5.74) is 3.66. The third kappa shape index (κ3) is 7.89. The van der Waals surface area contributed by atoms with Crippen molar-refractivity contribution in [3.05, 3.63) is 112 Å². The summed E-state index contributed by atoms with van der Waals surface area (Å²) >= 11 is 1.50. The van der Waals surface area contributed by atoms with Crippen LogP contribution < -0.4 is 19.4 Å². The molecule has 1 amide bonds. The number of aromatic nitrogens is 1. The van der Waals surface area contributed by atoms with Gasteiger partial charge < -0.3 is 14.2 Å². The van der Waals surface area contributed by atoms with Gasteiger partial charge in [0.2, 0.25) is 5.91 Å². The Morgan fingerprint density at radius 3 is 2.28 bits per heavy atom. The Morgan fingerprint density at radius 2 is 1.64 bits per heavy atom. The summed E-state index contributed by atoms with van der Waals surface area (Å²) in [6.45, 7) is 2.04. The minimum absolute atomic E-state index is 0.114. The number of aryl methyl sites for hydroxylation is 1. The van der Waals surface area contributed by atoms with Gasteiger partial charge in [-0.2, -0.15) is 13.6 Å². The lowest BCUT2D eigenvalue weighted by molar-refractivity contribution is -0.123. The average molecular weight is 566 g/mol. The second-order valence-corrected chi connectivity index (χ2v) is 11.0. The van der Waals surface area contributed by atoms with Crippen LogP contribution in [0, 0.1) is 0 Å². The Bertz CT molecular complexity index is 1490. The maximum absolute atomic E-state index is 14.0. The molecule has 0 bridgehead atoms. The lowest BCUT2D eigenvalue weighted by Gasteiger charge is -2.23. The van der Waals surface area contributed by atoms with Crippen molar-refractivity contribution in [3.63, 3.8) is 0 Å². The van der Waals surface area contributed by atoms with Crippen LogP contribution in [0.2, 0.25) is 0 Å². The van der Waals surface area contributed by atoms with Crippen molar-refractivity contribution in [1.29, 1.82) is 0 Å². The molecule has 0 spiro atoms. The van der Waals surface area contributed by atoms with E-state index in [0.717, 1.165) is 33.8 Å². The van der Waals surface area contributed by atoms with E-state index in [1.165, 1.54) is 23.5 Å². The first-order valence-corrected chi connectivity index (χ1v) is 14.8. The van der Waals surface area contributed by atoms with Crippen LogP contribution in [-0.4, -0.2) is 26.4 Å². The molecule has 4 rings (SSSR count). The molecule has 3 aromatic carbocycles. The number of thiazole rings is 1. The molecule has 2 unspecified atom stereocenters. The fraction of sp³-hybridized carbons (Fsp3) is 0.241. The van der Waals surface area contributed by atoms with E-state index in [-0.39, 0.29) is 11.7 Å². The normalized spacial score (nSPS) is 12.9. The van der Waals surface area contributed by atoms with Crippen LogP contribution in [0.25, 0.3) is 0 Å². The Kier molecular flexibility index (Phi) is 9.34. The van der Waals surface area contributed by atoms with E-state index >= 15 is 0 Å². The molecule has 0 fully saturated rings. The van der Waals surface area contributed by atoms with Crippen molar-refractivity contribution in [1.82, 2.24) is 10.3 Å². The molecule has 8 nitrogen and oxygen atoms in total. The first kappa shape index (κ1) is 28.3. The highest BCUT2D eigenvalue weighted by Gasteiger charge is 2.28. The smallest absolute Gasteiger partial charge is 0.380 e. The molecule has 1 heterocycles.